The predicted molar refractivity (Wildman–Crippen MR) is 180 cm³/mol. The van der Waals surface area contributed by atoms with Crippen molar-refractivity contribution in [3.63, 3.8) is 0 Å². The highest BCUT2D eigenvalue weighted by molar-refractivity contribution is 6.01. The Balaban J connectivity index is 1.53. The molecular weight excluding hydrogens is 751 g/mol. The average molecular weight is 803 g/mol. The highest BCUT2D eigenvalue weighted by Crippen LogP contribution is 2.71. The number of aliphatic hydroxyl groups is 1. The Morgan fingerprint density at radius 1 is 0.929 bits per heavy atom. The molecule has 0 saturated heterocycles. The number of esters is 3. The second-order valence-electron chi connectivity index (χ2n) is 15.3. The Hall–Kier alpha value is -3.73. The Kier molecular flexibility index (Phi) is 14.7. The fourth-order valence-corrected chi connectivity index (χ4v) is 9.55. The van der Waals surface area contributed by atoms with E-state index in [9.17, 15) is 39.0 Å². The molecule has 3 unspecified atom stereocenters. The fourth-order valence-electron chi connectivity index (χ4n) is 9.55. The summed E-state index contributed by atoms with van der Waals surface area (Å²) in [5, 5.41) is 55.1. The molecule has 19 nitrogen and oxygen atoms in total. The first-order chi connectivity index (χ1) is 26.2. The third-order valence-corrected chi connectivity index (χ3v) is 12.1. The minimum atomic E-state index is -2.27. The zero-order chi connectivity index (χ0) is 41.6. The molecule has 9 atom stereocenters. The van der Waals surface area contributed by atoms with Gasteiger partial charge in [0.2, 0.25) is 11.9 Å². The summed E-state index contributed by atoms with van der Waals surface area (Å²) < 4.78 is 34.0. The summed E-state index contributed by atoms with van der Waals surface area (Å²) in [7, 11) is 0. The van der Waals surface area contributed by atoms with Gasteiger partial charge in [-0.25, -0.2) is 9.18 Å². The summed E-state index contributed by atoms with van der Waals surface area (Å²) in [5.74, 6) is -8.31. The first kappa shape index (κ1) is 45.0. The number of carboxylic acid groups (broad SMARTS) is 1. The van der Waals surface area contributed by atoms with Crippen molar-refractivity contribution in [1.82, 2.24) is 10.8 Å². The van der Waals surface area contributed by atoms with Crippen LogP contribution in [0.25, 0.3) is 0 Å². The maximum atomic E-state index is 17.8. The number of fused-ring (bicyclic) bond motifs is 5. The number of unbranched alkanes of at least 4 members (excludes halogenated alkanes) is 2. The number of carbonyl (C=O) groups excluding carboxylic acids is 5. The van der Waals surface area contributed by atoms with Gasteiger partial charge in [-0.15, -0.1) is 0 Å². The summed E-state index contributed by atoms with van der Waals surface area (Å²) in [6.07, 6.45) is 0.0546. The molecule has 0 aromatic heterocycles. The summed E-state index contributed by atoms with van der Waals surface area (Å²) in [6, 6.07) is 0. The molecule has 0 aromatic rings. The van der Waals surface area contributed by atoms with Crippen LogP contribution in [-0.4, -0.2) is 121 Å². The normalized spacial score (nSPS) is 32.6. The van der Waals surface area contributed by atoms with Crippen LogP contribution in [0.5, 0.6) is 0 Å². The molecule has 0 radical (unpaired) electrons. The van der Waals surface area contributed by atoms with Crippen molar-refractivity contribution in [2.75, 3.05) is 19.8 Å². The Bertz CT molecular complexity index is 1570. The van der Waals surface area contributed by atoms with Crippen LogP contribution in [0.1, 0.15) is 91.4 Å². The van der Waals surface area contributed by atoms with Crippen molar-refractivity contribution in [3.8, 4) is 0 Å². The van der Waals surface area contributed by atoms with Crippen LogP contribution in [0.3, 0.4) is 0 Å². The molecule has 6 N–H and O–H groups in total. The number of hydrogen-bond donors (Lipinski definition) is 6. The maximum Gasteiger partial charge on any atom is 0.345 e. The zero-order valence-corrected chi connectivity index (χ0v) is 31.5. The first-order valence-electron chi connectivity index (χ1n) is 18.5. The Morgan fingerprint density at radius 3 is 2.21 bits per heavy atom. The van der Waals surface area contributed by atoms with Gasteiger partial charge in [-0.1, -0.05) is 31.9 Å². The molecule has 3 saturated carbocycles. The molecule has 3 fully saturated rings. The number of hydrogen-bond acceptors (Lipinski definition) is 18. The number of carbonyl (C=O) groups is 6. The Labute approximate surface area is 321 Å². The third kappa shape index (κ3) is 9.03. The highest BCUT2D eigenvalue weighted by atomic mass is 19.1. The number of nitrogens with zero attached hydrogens (tertiary/aromatic N) is 2. The van der Waals surface area contributed by atoms with E-state index in [1.165, 1.54) is 18.2 Å². The number of aliphatic carboxylic acids is 1. The smallest absolute Gasteiger partial charge is 0.345 e. The van der Waals surface area contributed by atoms with Crippen molar-refractivity contribution < 1.29 is 88.1 Å². The quantitative estimate of drug-likeness (QED) is 0.0447. The Morgan fingerprint density at radius 2 is 1.57 bits per heavy atom. The molecule has 4 aliphatic rings. The maximum absolute atomic E-state index is 17.8. The van der Waals surface area contributed by atoms with Crippen LogP contribution in [-0.2, 0) is 52.7 Å². The molecule has 0 aliphatic heterocycles. The van der Waals surface area contributed by atoms with Crippen molar-refractivity contribution in [2.24, 2.45) is 28.6 Å². The zero-order valence-electron chi connectivity index (χ0n) is 31.5. The second-order valence-corrected chi connectivity index (χ2v) is 15.3. The van der Waals surface area contributed by atoms with E-state index in [1.54, 1.807) is 20.8 Å². The molecule has 0 amide bonds. The van der Waals surface area contributed by atoms with Gasteiger partial charge in [0.15, 0.2) is 23.7 Å². The summed E-state index contributed by atoms with van der Waals surface area (Å²) in [5.41, 5.74) is -6.60. The van der Waals surface area contributed by atoms with Crippen molar-refractivity contribution >= 4 is 35.4 Å². The van der Waals surface area contributed by atoms with E-state index in [2.05, 4.69) is 9.68 Å². The lowest BCUT2D eigenvalue weighted by Crippen LogP contribution is -2.70. The minimum Gasteiger partial charge on any atom is -0.478 e. The summed E-state index contributed by atoms with van der Waals surface area (Å²) in [6.45, 7) is 3.44. The average Bonchev–Trinajstić information content (AvgIpc) is 3.33. The summed E-state index contributed by atoms with van der Waals surface area (Å²) in [4.78, 5) is 86.1. The van der Waals surface area contributed by atoms with Crippen molar-refractivity contribution in [2.45, 2.75) is 115 Å². The van der Waals surface area contributed by atoms with Gasteiger partial charge in [-0.3, -0.25) is 54.5 Å². The van der Waals surface area contributed by atoms with Crippen molar-refractivity contribution in [1.29, 1.82) is 0 Å². The van der Waals surface area contributed by atoms with Gasteiger partial charge in [0.05, 0.1) is 36.5 Å². The number of ketones is 2. The molecule has 0 bridgehead atoms. The van der Waals surface area contributed by atoms with Gasteiger partial charge >= 0.3 is 23.9 Å². The third-order valence-electron chi connectivity index (χ3n) is 12.1. The summed E-state index contributed by atoms with van der Waals surface area (Å²) >= 11 is 0. The number of aliphatic hydroxyl groups excluding tert-OH is 1. The number of rotatable bonds is 20. The largest absolute Gasteiger partial charge is 0.478 e. The van der Waals surface area contributed by atoms with Crippen LogP contribution >= 0.6 is 0 Å². The van der Waals surface area contributed by atoms with E-state index in [-0.39, 0.29) is 63.9 Å². The fraction of sp³-hybridized carbons (Fsp3) is 0.722. The van der Waals surface area contributed by atoms with Gasteiger partial charge in [0.25, 0.3) is 0 Å². The van der Waals surface area contributed by atoms with E-state index < -0.39 is 106 Å². The lowest BCUT2D eigenvalue weighted by atomic mass is 9.44. The van der Waals surface area contributed by atoms with E-state index in [0.717, 1.165) is 0 Å². The van der Waals surface area contributed by atoms with Crippen LogP contribution in [0.2, 0.25) is 0 Å². The molecule has 314 valence electrons. The van der Waals surface area contributed by atoms with Crippen LogP contribution in [0.4, 0.5) is 4.39 Å². The lowest BCUT2D eigenvalue weighted by molar-refractivity contribution is -0.492. The second kappa shape index (κ2) is 18.2. The molecule has 56 heavy (non-hydrogen) atoms. The monoisotopic (exact) mass is 802 g/mol. The molecule has 4 aliphatic carbocycles. The lowest BCUT2D eigenvalue weighted by Gasteiger charge is -2.62. The van der Waals surface area contributed by atoms with Crippen LogP contribution in [0.15, 0.2) is 23.8 Å². The number of halogens is 1. The number of Topliss-reactive ketones (excluding diaryl/α,β-unsaturated/α-hetero) is 1. The van der Waals surface area contributed by atoms with E-state index >= 15 is 4.39 Å². The minimum absolute atomic E-state index is 0.0665. The van der Waals surface area contributed by atoms with E-state index in [0.29, 0.717) is 24.8 Å². The highest BCUT2D eigenvalue weighted by Gasteiger charge is 2.77. The van der Waals surface area contributed by atoms with Gasteiger partial charge < -0.3 is 24.4 Å². The predicted octanol–water partition coefficient (Wildman–Crippen LogP) is 2.75. The number of allylic oxidation sites excluding steroid dienone is 4. The van der Waals surface area contributed by atoms with Crippen LogP contribution in [0, 0.1) is 28.6 Å². The first-order valence-corrected chi connectivity index (χ1v) is 18.5. The van der Waals surface area contributed by atoms with E-state index in [4.69, 9.17) is 35.0 Å². The molecule has 0 heterocycles. The van der Waals surface area contributed by atoms with E-state index in [1.807, 2.05) is 0 Å². The van der Waals surface area contributed by atoms with Crippen LogP contribution < -0.4 is 0 Å². The van der Waals surface area contributed by atoms with Crippen molar-refractivity contribution in [3.05, 3.63) is 23.8 Å². The topological polar surface area (TPSA) is 276 Å². The van der Waals surface area contributed by atoms with Gasteiger partial charge in [0.1, 0.15) is 0 Å². The van der Waals surface area contributed by atoms with Gasteiger partial charge in [-0.05, 0) is 69.9 Å². The van der Waals surface area contributed by atoms with Gasteiger partial charge in [-0.2, -0.15) is 0 Å². The standard InChI is InChI=1S/C36H51FN2O17/c1-21-16-25-24-11-10-22-17-23(40)12-13-33(22,2)35(24,37)27(41)19-34(25,3)36(21,56-30(44)9-7-15-54-39(50)51)28(42)20-52-31(45)18-26(32(46)47)55-29(43)8-5-4-6-14-53-38(48)49/h12-13,17,21,24-27,41,48-51H,4-11,14-16,18-20H2,1-3H3,(H,46,47)/t21-,24?,25?,26?,27+,33+,34+,35+,36+/m1/s1. The molecule has 4 rings (SSSR count). The molecular formula is C36H51FN2O17. The SMILES string of the molecule is C[C@@H]1CC2C3CCC4=CC(=O)C=C[C@]4(C)[C@@]3(F)[C@@H](O)C[C@]2(C)[C@@]1(OC(=O)CCCON(O)O)C(=O)COC(=O)CC(OC(=O)CCCCCON(O)O)C(=O)O. The molecule has 20 heteroatoms. The number of alkyl halides is 1. The molecule has 0 aromatic carbocycles. The number of ether oxygens (including phenoxy) is 3. The number of carboxylic acids is 1. The van der Waals surface area contributed by atoms with Gasteiger partial charge in [0, 0.05) is 35.5 Å². The molecule has 0 spiro atoms.